The third kappa shape index (κ3) is 9.35. The maximum atomic E-state index is 3.11. The minimum Gasteiger partial charge on any atom is -0.319 e. The molecule has 0 atom stereocenters. The van der Waals surface area contributed by atoms with Crippen LogP contribution in [0.1, 0.15) is 0 Å². The predicted molar refractivity (Wildman–Crippen MR) is 60.9 cm³/mol. The van der Waals surface area contributed by atoms with Crippen molar-refractivity contribution in [3.05, 3.63) is 0 Å². The minimum absolute atomic E-state index is 1.10. The lowest BCUT2D eigenvalue weighted by atomic mass is 10.8. The van der Waals surface area contributed by atoms with Gasteiger partial charge in [-0.05, 0) is 7.05 Å². The van der Waals surface area contributed by atoms with Gasteiger partial charge in [0.15, 0.2) is 0 Å². The fourth-order valence-electron chi connectivity index (χ4n) is 0.342. The molecule has 0 fully saturated rings. The van der Waals surface area contributed by atoms with Crippen LogP contribution in [-0.2, 0) is 0 Å². The van der Waals surface area contributed by atoms with Crippen molar-refractivity contribution in [2.45, 2.75) is 0 Å². The van der Waals surface area contributed by atoms with Crippen molar-refractivity contribution in [3.63, 3.8) is 0 Å². The van der Waals surface area contributed by atoms with Crippen molar-refractivity contribution >= 4 is 44.5 Å². The van der Waals surface area contributed by atoms with Crippen LogP contribution < -0.4 is 8.85 Å². The molecule has 0 rings (SSSR count). The van der Waals surface area contributed by atoms with Gasteiger partial charge in [0.25, 0.3) is 0 Å². The smallest absolute Gasteiger partial charge is 0.0170 e. The van der Waals surface area contributed by atoms with Crippen molar-refractivity contribution < 1.29 is 0 Å². The molecule has 0 aromatic heterocycles. The molecule has 0 radical (unpaired) electrons. The molecule has 2 nitrogen and oxygen atoms in total. The van der Waals surface area contributed by atoms with Crippen LogP contribution >= 0.6 is 44.5 Å². The van der Waals surface area contributed by atoms with Crippen LogP contribution in [0.4, 0.5) is 0 Å². The standard InChI is InChI=1S/C5H13IN2S2/c1-7-2-4-9-10-5-3-8-6/h7-8H,2-5H2,1H3. The SMILES string of the molecule is CNCCSSCCNI. The summed E-state index contributed by atoms with van der Waals surface area (Å²) in [5.74, 6) is 2.39. The van der Waals surface area contributed by atoms with Crippen LogP contribution in [0.2, 0.25) is 0 Å². The first-order chi connectivity index (χ1) is 4.91. The van der Waals surface area contributed by atoms with Gasteiger partial charge in [-0.15, -0.1) is 0 Å². The second-order valence-electron chi connectivity index (χ2n) is 1.63. The molecule has 0 spiro atoms. The second-order valence-corrected chi connectivity index (χ2v) is 5.10. The molecular weight excluding hydrogens is 279 g/mol. The molecule has 10 heavy (non-hydrogen) atoms. The van der Waals surface area contributed by atoms with E-state index in [9.17, 15) is 0 Å². The van der Waals surface area contributed by atoms with E-state index < -0.39 is 0 Å². The van der Waals surface area contributed by atoms with Gasteiger partial charge in [-0.3, -0.25) is 3.53 Å². The summed E-state index contributed by atoms with van der Waals surface area (Å²) < 4.78 is 3.08. The Morgan fingerprint density at radius 1 is 1.20 bits per heavy atom. The summed E-state index contributed by atoms with van der Waals surface area (Å²) >= 11 is 2.17. The van der Waals surface area contributed by atoms with E-state index in [2.05, 4.69) is 31.7 Å². The number of halogens is 1. The summed E-state index contributed by atoms with van der Waals surface area (Å²) in [6.45, 7) is 2.20. The molecule has 0 aromatic carbocycles. The van der Waals surface area contributed by atoms with Gasteiger partial charge >= 0.3 is 0 Å². The molecule has 0 aliphatic rings. The summed E-state index contributed by atoms with van der Waals surface area (Å²) in [6.07, 6.45) is 0. The Kier molecular flexibility index (Phi) is 11.7. The van der Waals surface area contributed by atoms with Crippen molar-refractivity contribution in [3.8, 4) is 0 Å². The van der Waals surface area contributed by atoms with Crippen LogP contribution in [-0.4, -0.2) is 31.6 Å². The van der Waals surface area contributed by atoms with Crippen LogP contribution in [0.15, 0.2) is 0 Å². The van der Waals surface area contributed by atoms with Crippen LogP contribution in [0.3, 0.4) is 0 Å². The molecule has 0 aliphatic heterocycles. The van der Waals surface area contributed by atoms with Crippen LogP contribution in [0, 0.1) is 0 Å². The summed E-state index contributed by atoms with van der Waals surface area (Å²) in [5, 5.41) is 3.11. The summed E-state index contributed by atoms with van der Waals surface area (Å²) in [5.41, 5.74) is 0. The van der Waals surface area contributed by atoms with Gasteiger partial charge in [0.2, 0.25) is 0 Å². The van der Waals surface area contributed by atoms with Crippen LogP contribution in [0.25, 0.3) is 0 Å². The van der Waals surface area contributed by atoms with Gasteiger partial charge < -0.3 is 5.32 Å². The highest BCUT2D eigenvalue weighted by Crippen LogP contribution is 2.19. The topological polar surface area (TPSA) is 24.1 Å². The van der Waals surface area contributed by atoms with Gasteiger partial charge in [-0.25, -0.2) is 0 Å². The average Bonchev–Trinajstić information content (AvgIpc) is 1.97. The van der Waals surface area contributed by atoms with E-state index in [-0.39, 0.29) is 0 Å². The average molecular weight is 292 g/mol. The Hall–Kier alpha value is 1.35. The highest BCUT2D eigenvalue weighted by Gasteiger charge is 1.87. The Morgan fingerprint density at radius 2 is 1.80 bits per heavy atom. The van der Waals surface area contributed by atoms with Gasteiger partial charge in [0.05, 0.1) is 0 Å². The molecule has 5 heteroatoms. The van der Waals surface area contributed by atoms with Crippen molar-refractivity contribution in [1.29, 1.82) is 0 Å². The normalized spacial score (nSPS) is 10.2. The Labute approximate surface area is 84.6 Å². The van der Waals surface area contributed by atoms with E-state index in [1.165, 1.54) is 11.5 Å². The van der Waals surface area contributed by atoms with E-state index in [0.717, 1.165) is 13.1 Å². The highest BCUT2D eigenvalue weighted by atomic mass is 127. The fourth-order valence-corrected chi connectivity index (χ4v) is 2.89. The Morgan fingerprint density at radius 3 is 2.30 bits per heavy atom. The van der Waals surface area contributed by atoms with E-state index in [0.29, 0.717) is 0 Å². The number of hydrogen-bond acceptors (Lipinski definition) is 4. The third-order valence-corrected chi connectivity index (χ3v) is 3.75. The summed E-state index contributed by atoms with van der Waals surface area (Å²) in [6, 6.07) is 0. The predicted octanol–water partition coefficient (Wildman–Crippen LogP) is 1.53. The van der Waals surface area contributed by atoms with Gasteiger partial charge in [-0.2, -0.15) is 0 Å². The van der Waals surface area contributed by atoms with E-state index >= 15 is 0 Å². The zero-order chi connectivity index (χ0) is 7.66. The van der Waals surface area contributed by atoms with Gasteiger partial charge in [-0.1, -0.05) is 21.6 Å². The lowest BCUT2D eigenvalue weighted by molar-refractivity contribution is 0.873. The first-order valence-electron chi connectivity index (χ1n) is 3.14. The molecule has 0 saturated heterocycles. The quantitative estimate of drug-likeness (QED) is 0.322. The molecule has 2 N–H and O–H groups in total. The van der Waals surface area contributed by atoms with Crippen LogP contribution in [0.5, 0.6) is 0 Å². The van der Waals surface area contributed by atoms with E-state index in [1.54, 1.807) is 0 Å². The van der Waals surface area contributed by atoms with Gasteiger partial charge in [0, 0.05) is 47.5 Å². The Bertz CT molecular complexity index is 57.6. The first-order valence-corrected chi connectivity index (χ1v) is 6.71. The number of rotatable bonds is 7. The maximum absolute atomic E-state index is 3.11. The first kappa shape index (κ1) is 11.4. The molecule has 62 valence electrons. The lowest BCUT2D eigenvalue weighted by Gasteiger charge is -1.98. The molecular formula is C5H13IN2S2. The maximum Gasteiger partial charge on any atom is 0.0170 e. The van der Waals surface area contributed by atoms with E-state index in [4.69, 9.17) is 0 Å². The number of nitrogens with one attached hydrogen (secondary N) is 2. The lowest BCUT2D eigenvalue weighted by Crippen LogP contribution is -2.09. The fraction of sp³-hybridized carbons (Fsp3) is 1.00. The Balaban J connectivity index is 2.65. The molecule has 0 heterocycles. The van der Waals surface area contributed by atoms with Crippen molar-refractivity contribution in [1.82, 2.24) is 8.85 Å². The third-order valence-electron chi connectivity index (χ3n) is 0.799. The molecule has 0 saturated carbocycles. The van der Waals surface area contributed by atoms with E-state index in [1.807, 2.05) is 28.6 Å². The number of hydrogen-bond donors (Lipinski definition) is 2. The molecule has 0 unspecified atom stereocenters. The monoisotopic (exact) mass is 292 g/mol. The molecule has 0 aliphatic carbocycles. The summed E-state index contributed by atoms with van der Waals surface area (Å²) in [4.78, 5) is 0. The molecule has 0 amide bonds. The second kappa shape index (κ2) is 10.3. The summed E-state index contributed by atoms with van der Waals surface area (Å²) in [7, 11) is 5.84. The molecule has 0 aromatic rings. The minimum atomic E-state index is 1.10. The molecule has 0 bridgehead atoms. The zero-order valence-corrected chi connectivity index (χ0v) is 9.81. The zero-order valence-electron chi connectivity index (χ0n) is 6.02. The van der Waals surface area contributed by atoms with Crippen molar-refractivity contribution in [2.24, 2.45) is 0 Å². The van der Waals surface area contributed by atoms with Crippen molar-refractivity contribution in [2.75, 3.05) is 31.6 Å². The largest absolute Gasteiger partial charge is 0.319 e. The highest BCUT2D eigenvalue weighted by molar-refractivity contribution is 14.1. The van der Waals surface area contributed by atoms with Gasteiger partial charge in [0.1, 0.15) is 0 Å².